The van der Waals surface area contributed by atoms with E-state index in [1.165, 1.54) is 0 Å². The van der Waals surface area contributed by atoms with Crippen LogP contribution >= 0.6 is 0 Å². The molecule has 21 heavy (non-hydrogen) atoms. The standard InChI is InChI=1S/C15H23NO4S/c1-3-12-21(17,18)16-10-8-15(9-11-16)20-14-6-4-13(19-2)5-7-14/h4-7,15H,3,8-12H2,1-2H3. The molecule has 1 aromatic carbocycles. The molecular weight excluding hydrogens is 290 g/mol. The average Bonchev–Trinajstić information content (AvgIpc) is 2.48. The number of methoxy groups -OCH3 is 1. The molecule has 0 aromatic heterocycles. The Labute approximate surface area is 126 Å². The lowest BCUT2D eigenvalue weighted by atomic mass is 10.1. The van der Waals surface area contributed by atoms with Gasteiger partial charge < -0.3 is 9.47 Å². The Morgan fingerprint density at radius 1 is 1.14 bits per heavy atom. The third-order valence-electron chi connectivity index (χ3n) is 3.62. The van der Waals surface area contributed by atoms with Crippen LogP contribution in [0.3, 0.4) is 0 Å². The fourth-order valence-corrected chi connectivity index (χ4v) is 4.00. The SMILES string of the molecule is CCCS(=O)(=O)N1CCC(Oc2ccc(OC)cc2)CC1. The number of hydrogen-bond acceptors (Lipinski definition) is 4. The van der Waals surface area contributed by atoms with Gasteiger partial charge in [-0.1, -0.05) is 6.92 Å². The molecular formula is C15H23NO4S. The van der Waals surface area contributed by atoms with Gasteiger partial charge >= 0.3 is 0 Å². The molecule has 2 rings (SSSR count). The first kappa shape index (κ1) is 16.1. The van der Waals surface area contributed by atoms with Crippen molar-refractivity contribution in [2.24, 2.45) is 0 Å². The molecule has 0 unspecified atom stereocenters. The fourth-order valence-electron chi connectivity index (χ4n) is 2.46. The van der Waals surface area contributed by atoms with Gasteiger partial charge in [0.05, 0.1) is 12.9 Å². The summed E-state index contributed by atoms with van der Waals surface area (Å²) in [7, 11) is -1.45. The number of rotatable bonds is 6. The zero-order chi connectivity index (χ0) is 15.3. The molecule has 0 aliphatic carbocycles. The Morgan fingerprint density at radius 3 is 2.24 bits per heavy atom. The normalized spacial score (nSPS) is 17.6. The summed E-state index contributed by atoms with van der Waals surface area (Å²) in [6.07, 6.45) is 2.20. The van der Waals surface area contributed by atoms with Crippen molar-refractivity contribution in [3.63, 3.8) is 0 Å². The van der Waals surface area contributed by atoms with Crippen molar-refractivity contribution in [2.45, 2.75) is 32.3 Å². The number of benzene rings is 1. The molecule has 0 amide bonds. The summed E-state index contributed by atoms with van der Waals surface area (Å²) >= 11 is 0. The Kier molecular flexibility index (Phi) is 5.47. The summed E-state index contributed by atoms with van der Waals surface area (Å²) in [6, 6.07) is 7.46. The summed E-state index contributed by atoms with van der Waals surface area (Å²) in [5.41, 5.74) is 0. The molecule has 1 aliphatic heterocycles. The van der Waals surface area contributed by atoms with Gasteiger partial charge in [0.15, 0.2) is 0 Å². The second kappa shape index (κ2) is 7.13. The second-order valence-electron chi connectivity index (χ2n) is 5.21. The molecule has 1 aliphatic rings. The Bertz CT molecular complexity index is 533. The summed E-state index contributed by atoms with van der Waals surface area (Å²) < 4.78 is 36.6. The Morgan fingerprint density at radius 2 is 1.71 bits per heavy atom. The summed E-state index contributed by atoms with van der Waals surface area (Å²) in [5, 5.41) is 0. The van der Waals surface area contributed by atoms with Crippen molar-refractivity contribution in [3.8, 4) is 11.5 Å². The van der Waals surface area contributed by atoms with Crippen LogP contribution in [0.4, 0.5) is 0 Å². The highest BCUT2D eigenvalue weighted by Gasteiger charge is 2.28. The third kappa shape index (κ3) is 4.35. The largest absolute Gasteiger partial charge is 0.497 e. The molecule has 1 saturated heterocycles. The van der Waals surface area contributed by atoms with E-state index >= 15 is 0 Å². The fraction of sp³-hybridized carbons (Fsp3) is 0.600. The van der Waals surface area contributed by atoms with Gasteiger partial charge in [-0.25, -0.2) is 12.7 Å². The first-order valence-electron chi connectivity index (χ1n) is 7.33. The van der Waals surface area contributed by atoms with Gasteiger partial charge in [-0.2, -0.15) is 0 Å². The van der Waals surface area contributed by atoms with Crippen LogP contribution in [0.25, 0.3) is 0 Å². The maximum absolute atomic E-state index is 12.0. The van der Waals surface area contributed by atoms with Crippen LogP contribution in [0.1, 0.15) is 26.2 Å². The summed E-state index contributed by atoms with van der Waals surface area (Å²) in [4.78, 5) is 0. The lowest BCUT2D eigenvalue weighted by Crippen LogP contribution is -2.42. The minimum atomic E-state index is -3.08. The van der Waals surface area contributed by atoms with E-state index in [2.05, 4.69) is 0 Å². The quantitative estimate of drug-likeness (QED) is 0.808. The highest BCUT2D eigenvalue weighted by atomic mass is 32.2. The lowest BCUT2D eigenvalue weighted by Gasteiger charge is -2.31. The van der Waals surface area contributed by atoms with Crippen molar-refractivity contribution in [3.05, 3.63) is 24.3 Å². The minimum absolute atomic E-state index is 0.0754. The molecule has 0 spiro atoms. The Balaban J connectivity index is 1.86. The van der Waals surface area contributed by atoms with Gasteiger partial charge in [-0.05, 0) is 43.5 Å². The first-order valence-corrected chi connectivity index (χ1v) is 8.94. The molecule has 0 atom stereocenters. The van der Waals surface area contributed by atoms with E-state index in [4.69, 9.17) is 9.47 Å². The van der Waals surface area contributed by atoms with Crippen LogP contribution < -0.4 is 9.47 Å². The highest BCUT2D eigenvalue weighted by Crippen LogP contribution is 2.23. The van der Waals surface area contributed by atoms with E-state index in [0.29, 0.717) is 19.5 Å². The highest BCUT2D eigenvalue weighted by molar-refractivity contribution is 7.89. The maximum Gasteiger partial charge on any atom is 0.214 e. The van der Waals surface area contributed by atoms with Crippen molar-refractivity contribution < 1.29 is 17.9 Å². The van der Waals surface area contributed by atoms with Crippen LogP contribution in [0.5, 0.6) is 11.5 Å². The van der Waals surface area contributed by atoms with Gasteiger partial charge in [0.2, 0.25) is 10.0 Å². The van der Waals surface area contributed by atoms with Crippen LogP contribution in [0.15, 0.2) is 24.3 Å². The number of nitrogens with zero attached hydrogens (tertiary/aromatic N) is 1. The van der Waals surface area contributed by atoms with E-state index in [9.17, 15) is 8.42 Å². The average molecular weight is 313 g/mol. The van der Waals surface area contributed by atoms with E-state index in [1.54, 1.807) is 11.4 Å². The number of ether oxygens (including phenoxy) is 2. The second-order valence-corrected chi connectivity index (χ2v) is 7.30. The zero-order valence-corrected chi connectivity index (χ0v) is 13.4. The molecule has 1 heterocycles. The number of hydrogen-bond donors (Lipinski definition) is 0. The van der Waals surface area contributed by atoms with Crippen molar-refractivity contribution in [1.29, 1.82) is 0 Å². The molecule has 6 heteroatoms. The topological polar surface area (TPSA) is 55.8 Å². The lowest BCUT2D eigenvalue weighted by molar-refractivity contribution is 0.135. The van der Waals surface area contributed by atoms with E-state index in [-0.39, 0.29) is 11.9 Å². The van der Waals surface area contributed by atoms with E-state index in [1.807, 2.05) is 31.2 Å². The van der Waals surface area contributed by atoms with Gasteiger partial charge in [0, 0.05) is 13.1 Å². The maximum atomic E-state index is 12.0. The van der Waals surface area contributed by atoms with Gasteiger partial charge in [0.25, 0.3) is 0 Å². The molecule has 118 valence electrons. The van der Waals surface area contributed by atoms with Gasteiger partial charge in [-0.15, -0.1) is 0 Å². The van der Waals surface area contributed by atoms with E-state index < -0.39 is 10.0 Å². The predicted octanol–water partition coefficient (Wildman–Crippen LogP) is 2.28. The zero-order valence-electron chi connectivity index (χ0n) is 12.6. The number of piperidine rings is 1. The van der Waals surface area contributed by atoms with Crippen molar-refractivity contribution in [2.75, 3.05) is 26.0 Å². The molecule has 0 bridgehead atoms. The molecule has 0 radical (unpaired) electrons. The van der Waals surface area contributed by atoms with E-state index in [0.717, 1.165) is 24.3 Å². The van der Waals surface area contributed by atoms with Gasteiger partial charge in [0.1, 0.15) is 17.6 Å². The van der Waals surface area contributed by atoms with Crippen molar-refractivity contribution >= 4 is 10.0 Å². The molecule has 1 aromatic rings. The van der Waals surface area contributed by atoms with Crippen LogP contribution in [-0.4, -0.2) is 44.8 Å². The molecule has 0 saturated carbocycles. The summed E-state index contributed by atoms with van der Waals surface area (Å²) in [5.74, 6) is 1.82. The van der Waals surface area contributed by atoms with Crippen LogP contribution in [-0.2, 0) is 10.0 Å². The van der Waals surface area contributed by atoms with Crippen LogP contribution in [0.2, 0.25) is 0 Å². The van der Waals surface area contributed by atoms with Gasteiger partial charge in [-0.3, -0.25) is 0 Å². The third-order valence-corrected chi connectivity index (χ3v) is 5.69. The monoisotopic (exact) mass is 313 g/mol. The minimum Gasteiger partial charge on any atom is -0.497 e. The smallest absolute Gasteiger partial charge is 0.214 e. The Hall–Kier alpha value is -1.27. The van der Waals surface area contributed by atoms with Crippen LogP contribution in [0, 0.1) is 0 Å². The molecule has 0 N–H and O–H groups in total. The number of sulfonamides is 1. The predicted molar refractivity (Wildman–Crippen MR) is 82.3 cm³/mol. The molecule has 5 nitrogen and oxygen atoms in total. The first-order chi connectivity index (χ1) is 10.0. The summed E-state index contributed by atoms with van der Waals surface area (Å²) in [6.45, 7) is 2.98. The van der Waals surface area contributed by atoms with Crippen molar-refractivity contribution in [1.82, 2.24) is 4.31 Å². The molecule has 1 fully saturated rings.